The van der Waals surface area contributed by atoms with Crippen molar-refractivity contribution in [2.75, 3.05) is 10.5 Å². The van der Waals surface area contributed by atoms with Gasteiger partial charge in [-0.3, -0.25) is 4.72 Å². The molecule has 0 aromatic heterocycles. The van der Waals surface area contributed by atoms with Gasteiger partial charge in [-0.1, -0.05) is 37.3 Å². The quantitative estimate of drug-likeness (QED) is 0.858. The lowest BCUT2D eigenvalue weighted by Crippen LogP contribution is -2.20. The van der Waals surface area contributed by atoms with Crippen LogP contribution in [0.1, 0.15) is 18.4 Å². The van der Waals surface area contributed by atoms with Gasteiger partial charge in [-0.2, -0.15) is 0 Å². The number of nitrogens with one attached hydrogen (secondary N) is 1. The topological polar surface area (TPSA) is 46.2 Å². The van der Waals surface area contributed by atoms with Gasteiger partial charge in [0.15, 0.2) is 0 Å². The molecular weight excluding hydrogens is 357 g/mol. The van der Waals surface area contributed by atoms with Crippen molar-refractivity contribution in [3.63, 3.8) is 0 Å². The molecule has 1 N–H and O–H groups in total. The molecule has 0 aliphatic heterocycles. The highest BCUT2D eigenvalue weighted by Gasteiger charge is 2.18. The van der Waals surface area contributed by atoms with Crippen molar-refractivity contribution in [3.05, 3.63) is 64.4 Å². The second kappa shape index (κ2) is 6.58. The number of benzene rings is 2. The molecule has 2 rings (SSSR count). The second-order valence-electron chi connectivity index (χ2n) is 4.82. The largest absolute Gasteiger partial charge is 0.282 e. The minimum atomic E-state index is -3.52. The minimum Gasteiger partial charge on any atom is -0.282 e. The Labute approximate surface area is 132 Å². The summed E-state index contributed by atoms with van der Waals surface area (Å²) in [6.07, 6.45) is 0. The molecule has 21 heavy (non-hydrogen) atoms. The van der Waals surface area contributed by atoms with E-state index in [4.69, 9.17) is 0 Å². The highest BCUT2D eigenvalue weighted by atomic mass is 79.9. The number of rotatable bonds is 5. The van der Waals surface area contributed by atoms with Gasteiger partial charge in [-0.15, -0.1) is 0 Å². The Hall–Kier alpha value is -1.40. The zero-order valence-electron chi connectivity index (χ0n) is 11.4. The Morgan fingerprint density at radius 3 is 2.48 bits per heavy atom. The fourth-order valence-electron chi connectivity index (χ4n) is 1.99. The number of hydrogen-bond donors (Lipinski definition) is 1. The minimum absolute atomic E-state index is 0.0408. The number of anilines is 1. The van der Waals surface area contributed by atoms with Gasteiger partial charge < -0.3 is 0 Å². The molecular formula is C15H15BrFNO2S. The van der Waals surface area contributed by atoms with Crippen molar-refractivity contribution >= 4 is 31.6 Å². The third-order valence-corrected chi connectivity index (χ3v) is 5.16. The maximum atomic E-state index is 13.0. The summed E-state index contributed by atoms with van der Waals surface area (Å²) >= 11 is 3.14. The molecule has 0 aliphatic rings. The Bertz CT molecular complexity index is 720. The van der Waals surface area contributed by atoms with Crippen LogP contribution in [0.25, 0.3) is 0 Å². The van der Waals surface area contributed by atoms with E-state index in [2.05, 4.69) is 20.7 Å². The molecule has 1 atom stereocenters. The summed E-state index contributed by atoms with van der Waals surface area (Å²) < 4.78 is 40.2. The average molecular weight is 372 g/mol. The van der Waals surface area contributed by atoms with Crippen LogP contribution >= 0.6 is 15.9 Å². The van der Waals surface area contributed by atoms with Crippen molar-refractivity contribution in [3.8, 4) is 0 Å². The van der Waals surface area contributed by atoms with Gasteiger partial charge in [-0.25, -0.2) is 12.8 Å². The fourth-order valence-corrected chi connectivity index (χ4v) is 4.02. The molecule has 0 saturated carbocycles. The first-order valence-electron chi connectivity index (χ1n) is 6.38. The normalized spacial score (nSPS) is 12.9. The lowest BCUT2D eigenvalue weighted by molar-refractivity contribution is 0.595. The van der Waals surface area contributed by atoms with Crippen LogP contribution in [0.5, 0.6) is 0 Å². The lowest BCUT2D eigenvalue weighted by Gasteiger charge is -2.14. The predicted octanol–water partition coefficient (Wildman–Crippen LogP) is 4.13. The third kappa shape index (κ3) is 4.54. The number of sulfonamides is 1. The van der Waals surface area contributed by atoms with Crippen molar-refractivity contribution in [2.45, 2.75) is 12.8 Å². The van der Waals surface area contributed by atoms with E-state index < -0.39 is 15.8 Å². The van der Waals surface area contributed by atoms with E-state index in [1.54, 1.807) is 0 Å². The summed E-state index contributed by atoms with van der Waals surface area (Å²) in [4.78, 5) is 0. The molecule has 3 nitrogen and oxygen atoms in total. The molecule has 0 saturated heterocycles. The van der Waals surface area contributed by atoms with Crippen LogP contribution < -0.4 is 4.72 Å². The Balaban J connectivity index is 2.12. The maximum Gasteiger partial charge on any atom is 0.233 e. The van der Waals surface area contributed by atoms with Crippen molar-refractivity contribution < 1.29 is 12.8 Å². The summed E-state index contributed by atoms with van der Waals surface area (Å²) in [5, 5.41) is 0. The summed E-state index contributed by atoms with van der Waals surface area (Å²) in [7, 11) is -3.52. The van der Waals surface area contributed by atoms with E-state index in [0.29, 0.717) is 10.2 Å². The van der Waals surface area contributed by atoms with Crippen LogP contribution in [0, 0.1) is 5.82 Å². The fraction of sp³-hybridized carbons (Fsp3) is 0.200. The van der Waals surface area contributed by atoms with Gasteiger partial charge in [0, 0.05) is 4.47 Å². The summed E-state index contributed by atoms with van der Waals surface area (Å²) in [6.45, 7) is 1.86. The highest BCUT2D eigenvalue weighted by molar-refractivity contribution is 9.10. The molecule has 6 heteroatoms. The van der Waals surface area contributed by atoms with Crippen LogP contribution in [0.4, 0.5) is 10.1 Å². The molecule has 0 fully saturated rings. The zero-order chi connectivity index (χ0) is 15.5. The smallest absolute Gasteiger partial charge is 0.233 e. The molecule has 2 aromatic rings. The molecule has 1 unspecified atom stereocenters. The lowest BCUT2D eigenvalue weighted by atomic mass is 10.0. The number of halogens is 2. The van der Waals surface area contributed by atoms with E-state index in [1.165, 1.54) is 18.2 Å². The highest BCUT2D eigenvalue weighted by Crippen LogP contribution is 2.25. The first-order valence-corrected chi connectivity index (χ1v) is 8.82. The van der Waals surface area contributed by atoms with Gasteiger partial charge in [0.2, 0.25) is 10.0 Å². The van der Waals surface area contributed by atoms with Crippen molar-refractivity contribution in [1.82, 2.24) is 0 Å². The van der Waals surface area contributed by atoms with E-state index in [1.807, 2.05) is 37.3 Å². The predicted molar refractivity (Wildman–Crippen MR) is 86.4 cm³/mol. The standard InChI is InChI=1S/C15H15BrFNO2S/c1-11(12-5-3-2-4-6-12)10-21(19,20)18-15-8-7-13(17)9-14(15)16/h2-9,11,18H,10H2,1H3. The molecule has 0 aliphatic carbocycles. The van der Waals surface area contributed by atoms with E-state index >= 15 is 0 Å². The Morgan fingerprint density at radius 1 is 1.19 bits per heavy atom. The summed E-state index contributed by atoms with van der Waals surface area (Å²) in [6, 6.07) is 13.3. The van der Waals surface area contributed by atoms with E-state index in [0.717, 1.165) is 5.56 Å². The van der Waals surface area contributed by atoms with E-state index in [9.17, 15) is 12.8 Å². The van der Waals surface area contributed by atoms with Crippen LogP contribution in [0.3, 0.4) is 0 Å². The third-order valence-electron chi connectivity index (χ3n) is 3.03. The molecule has 0 heterocycles. The monoisotopic (exact) mass is 371 g/mol. The molecule has 0 amide bonds. The van der Waals surface area contributed by atoms with Gasteiger partial charge in [0.25, 0.3) is 0 Å². The second-order valence-corrected chi connectivity index (χ2v) is 7.44. The summed E-state index contributed by atoms with van der Waals surface area (Å²) in [5.74, 6) is -0.605. The van der Waals surface area contributed by atoms with E-state index in [-0.39, 0.29) is 11.7 Å². The van der Waals surface area contributed by atoms with Gasteiger partial charge >= 0.3 is 0 Å². The maximum absolute atomic E-state index is 13.0. The molecule has 0 spiro atoms. The van der Waals surface area contributed by atoms with Crippen LogP contribution in [-0.4, -0.2) is 14.2 Å². The zero-order valence-corrected chi connectivity index (χ0v) is 13.8. The van der Waals surface area contributed by atoms with Crippen LogP contribution in [0.15, 0.2) is 53.0 Å². The Kier molecular flexibility index (Phi) is 5.00. The van der Waals surface area contributed by atoms with Gasteiger partial charge in [0.1, 0.15) is 5.82 Å². The SMILES string of the molecule is CC(CS(=O)(=O)Nc1ccc(F)cc1Br)c1ccccc1. The molecule has 2 aromatic carbocycles. The Morgan fingerprint density at radius 2 is 1.86 bits per heavy atom. The first-order chi connectivity index (χ1) is 9.87. The first kappa shape index (κ1) is 16.0. The molecule has 112 valence electrons. The summed E-state index contributed by atoms with van der Waals surface area (Å²) in [5.41, 5.74) is 1.29. The van der Waals surface area contributed by atoms with Gasteiger partial charge in [-0.05, 0) is 45.6 Å². The molecule has 0 radical (unpaired) electrons. The van der Waals surface area contributed by atoms with Crippen molar-refractivity contribution in [2.24, 2.45) is 0 Å². The van der Waals surface area contributed by atoms with Crippen LogP contribution in [0.2, 0.25) is 0 Å². The van der Waals surface area contributed by atoms with Gasteiger partial charge in [0.05, 0.1) is 11.4 Å². The molecule has 0 bridgehead atoms. The van der Waals surface area contributed by atoms with Crippen molar-refractivity contribution in [1.29, 1.82) is 0 Å². The van der Waals surface area contributed by atoms with Crippen LogP contribution in [-0.2, 0) is 10.0 Å². The number of hydrogen-bond acceptors (Lipinski definition) is 2. The average Bonchev–Trinajstić information content (AvgIpc) is 2.42.